The molecule has 0 aliphatic carbocycles. The lowest BCUT2D eigenvalue weighted by molar-refractivity contribution is -0.124. The number of rotatable bonds is 2. The Morgan fingerprint density at radius 2 is 2.12 bits per heavy atom. The van der Waals surface area contributed by atoms with E-state index in [-0.39, 0.29) is 18.0 Å². The average molecular weight is 226 g/mol. The van der Waals surface area contributed by atoms with E-state index in [1.807, 2.05) is 0 Å². The maximum Gasteiger partial charge on any atom is 0.237 e. The number of hydrogen-bond donors (Lipinski definition) is 2. The highest BCUT2D eigenvalue weighted by Crippen LogP contribution is 2.10. The predicted molar refractivity (Wildman–Crippen MR) is 62.2 cm³/mol. The minimum Gasteiger partial charge on any atom is -0.379 e. The van der Waals surface area contributed by atoms with Crippen molar-refractivity contribution in [2.75, 3.05) is 19.8 Å². The van der Waals surface area contributed by atoms with Crippen LogP contribution in [0.1, 0.15) is 38.5 Å². The first-order valence-corrected chi connectivity index (χ1v) is 6.48. The fraction of sp³-hybridized carbons (Fsp3) is 0.917. The molecule has 2 N–H and O–H groups in total. The van der Waals surface area contributed by atoms with Crippen LogP contribution in [0.3, 0.4) is 0 Å². The van der Waals surface area contributed by atoms with Gasteiger partial charge in [0, 0.05) is 6.61 Å². The summed E-state index contributed by atoms with van der Waals surface area (Å²) in [6.45, 7) is 2.49. The molecule has 4 heteroatoms. The van der Waals surface area contributed by atoms with E-state index in [9.17, 15) is 4.79 Å². The second-order valence-corrected chi connectivity index (χ2v) is 4.78. The highest BCUT2D eigenvalue weighted by Gasteiger charge is 2.23. The molecule has 0 saturated carbocycles. The van der Waals surface area contributed by atoms with Crippen LogP contribution in [0.25, 0.3) is 0 Å². The quantitative estimate of drug-likeness (QED) is 0.732. The highest BCUT2D eigenvalue weighted by atomic mass is 16.5. The lowest BCUT2D eigenvalue weighted by Gasteiger charge is -2.25. The monoisotopic (exact) mass is 226 g/mol. The van der Waals surface area contributed by atoms with E-state index < -0.39 is 0 Å². The fourth-order valence-electron chi connectivity index (χ4n) is 2.41. The van der Waals surface area contributed by atoms with Crippen molar-refractivity contribution in [2.24, 2.45) is 0 Å². The third-order valence-electron chi connectivity index (χ3n) is 3.38. The molecule has 0 radical (unpaired) electrons. The van der Waals surface area contributed by atoms with Gasteiger partial charge in [-0.25, -0.2) is 0 Å². The summed E-state index contributed by atoms with van der Waals surface area (Å²) in [5, 5.41) is 6.41. The summed E-state index contributed by atoms with van der Waals surface area (Å²) < 4.78 is 5.36. The van der Waals surface area contributed by atoms with E-state index in [4.69, 9.17) is 4.74 Å². The molecular formula is C12H22N2O2. The Morgan fingerprint density at radius 1 is 1.19 bits per heavy atom. The van der Waals surface area contributed by atoms with Crippen LogP contribution < -0.4 is 10.6 Å². The second kappa shape index (κ2) is 6.21. The molecule has 1 amide bonds. The Morgan fingerprint density at radius 3 is 2.94 bits per heavy atom. The van der Waals surface area contributed by atoms with Crippen molar-refractivity contribution in [3.63, 3.8) is 0 Å². The molecule has 2 fully saturated rings. The van der Waals surface area contributed by atoms with Gasteiger partial charge in [-0.1, -0.05) is 12.8 Å². The molecule has 2 heterocycles. The van der Waals surface area contributed by atoms with E-state index in [2.05, 4.69) is 10.6 Å². The van der Waals surface area contributed by atoms with Gasteiger partial charge in [-0.3, -0.25) is 4.79 Å². The standard InChI is InChI=1S/C12H22N2O2/c15-12(11-6-2-1-3-7-13-11)14-10-5-4-8-16-9-10/h10-11,13H,1-9H2,(H,14,15). The maximum atomic E-state index is 12.0. The summed E-state index contributed by atoms with van der Waals surface area (Å²) in [7, 11) is 0. The van der Waals surface area contributed by atoms with Gasteiger partial charge in [-0.15, -0.1) is 0 Å². The molecule has 92 valence electrons. The number of amides is 1. The van der Waals surface area contributed by atoms with Gasteiger partial charge in [0.05, 0.1) is 18.7 Å². The topological polar surface area (TPSA) is 50.4 Å². The largest absolute Gasteiger partial charge is 0.379 e. The molecule has 4 nitrogen and oxygen atoms in total. The van der Waals surface area contributed by atoms with Crippen molar-refractivity contribution >= 4 is 5.91 Å². The summed E-state index contributed by atoms with van der Waals surface area (Å²) >= 11 is 0. The van der Waals surface area contributed by atoms with Crippen LogP contribution in [0.15, 0.2) is 0 Å². The molecule has 2 atom stereocenters. The minimum absolute atomic E-state index is 0.0180. The summed E-state index contributed by atoms with van der Waals surface area (Å²) in [6.07, 6.45) is 6.67. The van der Waals surface area contributed by atoms with Gasteiger partial charge in [0.1, 0.15) is 0 Å². The van der Waals surface area contributed by atoms with Crippen molar-refractivity contribution < 1.29 is 9.53 Å². The summed E-state index contributed by atoms with van der Waals surface area (Å²) in [5.74, 6) is 0.164. The van der Waals surface area contributed by atoms with Gasteiger partial charge in [0.2, 0.25) is 5.91 Å². The fourth-order valence-corrected chi connectivity index (χ4v) is 2.41. The number of carbonyl (C=O) groups is 1. The number of nitrogens with one attached hydrogen (secondary N) is 2. The Bertz CT molecular complexity index is 219. The molecular weight excluding hydrogens is 204 g/mol. The molecule has 2 rings (SSSR count). The van der Waals surface area contributed by atoms with Gasteiger partial charge < -0.3 is 15.4 Å². The van der Waals surface area contributed by atoms with E-state index in [0.717, 1.165) is 38.8 Å². The van der Waals surface area contributed by atoms with E-state index >= 15 is 0 Å². The van der Waals surface area contributed by atoms with Crippen LogP contribution in [0.5, 0.6) is 0 Å². The molecule has 2 saturated heterocycles. The first-order valence-electron chi connectivity index (χ1n) is 6.48. The van der Waals surface area contributed by atoms with Gasteiger partial charge in [0.25, 0.3) is 0 Å². The van der Waals surface area contributed by atoms with Gasteiger partial charge in [-0.05, 0) is 32.2 Å². The zero-order valence-electron chi connectivity index (χ0n) is 9.84. The van der Waals surface area contributed by atoms with Crippen LogP contribution >= 0.6 is 0 Å². The predicted octanol–water partition coefficient (Wildman–Crippen LogP) is 0.814. The Balaban J connectivity index is 1.76. The third kappa shape index (κ3) is 3.46. The van der Waals surface area contributed by atoms with Crippen LogP contribution in [0, 0.1) is 0 Å². The molecule has 0 aromatic rings. The zero-order valence-corrected chi connectivity index (χ0v) is 9.84. The molecule has 2 aliphatic heterocycles. The molecule has 2 unspecified atom stereocenters. The Labute approximate surface area is 97.1 Å². The summed E-state index contributed by atoms with van der Waals surface area (Å²) in [6, 6.07) is 0.246. The third-order valence-corrected chi connectivity index (χ3v) is 3.38. The normalized spacial score (nSPS) is 31.8. The lowest BCUT2D eigenvalue weighted by Crippen LogP contribution is -2.49. The number of hydrogen-bond acceptors (Lipinski definition) is 3. The van der Waals surface area contributed by atoms with E-state index in [1.165, 1.54) is 12.8 Å². The summed E-state index contributed by atoms with van der Waals surface area (Å²) in [5.41, 5.74) is 0. The average Bonchev–Trinajstić information content (AvgIpc) is 2.59. The van der Waals surface area contributed by atoms with Crippen molar-refractivity contribution in [2.45, 2.75) is 50.6 Å². The lowest BCUT2D eigenvalue weighted by atomic mass is 10.1. The number of ether oxygens (including phenoxy) is 1. The van der Waals surface area contributed by atoms with Crippen molar-refractivity contribution in [3.8, 4) is 0 Å². The Kier molecular flexibility index (Phi) is 4.60. The van der Waals surface area contributed by atoms with Crippen LogP contribution in [0.2, 0.25) is 0 Å². The number of carbonyl (C=O) groups excluding carboxylic acids is 1. The molecule has 0 aromatic heterocycles. The van der Waals surface area contributed by atoms with Gasteiger partial charge in [0.15, 0.2) is 0 Å². The van der Waals surface area contributed by atoms with Crippen LogP contribution in [-0.2, 0) is 9.53 Å². The minimum atomic E-state index is 0.0180. The molecule has 0 spiro atoms. The smallest absolute Gasteiger partial charge is 0.237 e. The van der Waals surface area contributed by atoms with Crippen molar-refractivity contribution in [1.29, 1.82) is 0 Å². The first-order chi connectivity index (χ1) is 7.86. The maximum absolute atomic E-state index is 12.0. The van der Waals surface area contributed by atoms with Crippen LogP contribution in [0.4, 0.5) is 0 Å². The highest BCUT2D eigenvalue weighted by molar-refractivity contribution is 5.82. The Hall–Kier alpha value is -0.610. The second-order valence-electron chi connectivity index (χ2n) is 4.78. The van der Waals surface area contributed by atoms with Crippen LogP contribution in [-0.4, -0.2) is 37.7 Å². The van der Waals surface area contributed by atoms with Gasteiger partial charge >= 0.3 is 0 Å². The van der Waals surface area contributed by atoms with Crippen molar-refractivity contribution in [3.05, 3.63) is 0 Å². The zero-order chi connectivity index (χ0) is 11.2. The SMILES string of the molecule is O=C(NC1CCCOC1)C1CCCCCN1. The van der Waals surface area contributed by atoms with Crippen molar-refractivity contribution in [1.82, 2.24) is 10.6 Å². The first kappa shape index (κ1) is 11.9. The molecule has 0 bridgehead atoms. The van der Waals surface area contributed by atoms with Gasteiger partial charge in [-0.2, -0.15) is 0 Å². The summed E-state index contributed by atoms with van der Waals surface area (Å²) in [4.78, 5) is 12.0. The molecule has 0 aromatic carbocycles. The molecule has 2 aliphatic rings. The van der Waals surface area contributed by atoms with E-state index in [0.29, 0.717) is 6.61 Å². The molecule has 16 heavy (non-hydrogen) atoms. The van der Waals surface area contributed by atoms with E-state index in [1.54, 1.807) is 0 Å².